The van der Waals surface area contributed by atoms with Gasteiger partial charge in [-0.1, -0.05) is 12.1 Å². The Hall–Kier alpha value is -3.68. The monoisotopic (exact) mass is 496 g/mol. The van der Waals surface area contributed by atoms with Gasteiger partial charge < -0.3 is 20.0 Å². The molecular weight excluding hydrogens is 460 g/mol. The predicted octanol–water partition coefficient (Wildman–Crippen LogP) is 5.27. The molecule has 0 spiro atoms. The minimum atomic E-state index is -1.22. The van der Waals surface area contributed by atoms with Gasteiger partial charge in [-0.2, -0.15) is 0 Å². The van der Waals surface area contributed by atoms with Crippen LogP contribution in [-0.4, -0.2) is 67.9 Å². The molecule has 0 aliphatic rings. The zero-order chi connectivity index (χ0) is 27.5. The van der Waals surface area contributed by atoms with Gasteiger partial charge in [0.25, 0.3) is 11.8 Å². The number of aromatic carboxylic acids is 2. The normalized spacial score (nSPS) is 11.3. The number of hydrogen-bond acceptors (Lipinski definition) is 4. The number of hydrogen-bond donors (Lipinski definition) is 2. The second-order valence-electron chi connectivity index (χ2n) is 9.93. The van der Waals surface area contributed by atoms with Crippen molar-refractivity contribution in [3.63, 3.8) is 0 Å². The number of amides is 2. The molecule has 2 aromatic carbocycles. The smallest absolute Gasteiger partial charge is 0.336 e. The van der Waals surface area contributed by atoms with Crippen molar-refractivity contribution in [2.75, 3.05) is 0 Å². The highest BCUT2D eigenvalue weighted by Crippen LogP contribution is 2.28. The number of carboxylic acids is 2. The number of carbonyl (C=O) groups is 4. The molecule has 2 N–H and O–H groups in total. The zero-order valence-electron chi connectivity index (χ0n) is 22.2. The summed E-state index contributed by atoms with van der Waals surface area (Å²) in [5.41, 5.74) is 0.815. The van der Waals surface area contributed by atoms with E-state index in [9.17, 15) is 29.4 Å². The van der Waals surface area contributed by atoms with Gasteiger partial charge in [0.05, 0.1) is 22.3 Å². The number of carbonyl (C=O) groups excluding carboxylic acids is 2. The average Bonchev–Trinajstić information content (AvgIpc) is 2.76. The van der Waals surface area contributed by atoms with Crippen molar-refractivity contribution in [2.24, 2.45) is 0 Å². The lowest BCUT2D eigenvalue weighted by Gasteiger charge is -2.31. The molecule has 2 amide bonds. The fraction of sp³-hybridized carbons (Fsp3) is 0.429. The first-order valence-corrected chi connectivity index (χ1v) is 12.1. The molecule has 0 heterocycles. The molecule has 2 aromatic rings. The van der Waals surface area contributed by atoms with Crippen molar-refractivity contribution in [1.29, 1.82) is 0 Å². The lowest BCUT2D eigenvalue weighted by molar-refractivity contribution is 0.0617. The van der Waals surface area contributed by atoms with E-state index in [4.69, 9.17) is 0 Å². The Morgan fingerprint density at radius 1 is 0.528 bits per heavy atom. The molecule has 0 saturated carbocycles. The van der Waals surface area contributed by atoms with Crippen LogP contribution in [0.1, 0.15) is 96.8 Å². The Balaban J connectivity index is 2.73. The molecule has 0 aliphatic heterocycles. The SMILES string of the molecule is CC(C)N(C(=O)c1cc(-c2ccc(C(=O)O)c(C(=O)N(C(C)C)C(C)C)c2)ccc1C(=O)O)C(C)C. The Labute approximate surface area is 212 Å². The number of rotatable bonds is 9. The minimum absolute atomic E-state index is 0.0311. The van der Waals surface area contributed by atoms with Gasteiger partial charge in [-0.05, 0) is 90.8 Å². The van der Waals surface area contributed by atoms with Gasteiger partial charge in [-0.15, -0.1) is 0 Å². The van der Waals surface area contributed by atoms with Crippen molar-refractivity contribution >= 4 is 23.8 Å². The van der Waals surface area contributed by atoms with Crippen LogP contribution < -0.4 is 0 Å². The lowest BCUT2D eigenvalue weighted by Crippen LogP contribution is -2.42. The fourth-order valence-corrected chi connectivity index (χ4v) is 4.58. The van der Waals surface area contributed by atoms with Crippen molar-refractivity contribution in [1.82, 2.24) is 9.80 Å². The van der Waals surface area contributed by atoms with E-state index in [1.807, 2.05) is 55.4 Å². The van der Waals surface area contributed by atoms with Gasteiger partial charge in [0.2, 0.25) is 0 Å². The first-order valence-electron chi connectivity index (χ1n) is 12.1. The molecule has 8 heteroatoms. The highest BCUT2D eigenvalue weighted by Gasteiger charge is 2.28. The number of nitrogens with zero attached hydrogens (tertiary/aromatic N) is 2. The second-order valence-corrected chi connectivity index (χ2v) is 9.93. The Kier molecular flexibility index (Phi) is 9.02. The van der Waals surface area contributed by atoms with E-state index in [1.54, 1.807) is 21.9 Å². The summed E-state index contributed by atoms with van der Waals surface area (Å²) in [6, 6.07) is 8.23. The maximum Gasteiger partial charge on any atom is 0.336 e. The predicted molar refractivity (Wildman–Crippen MR) is 139 cm³/mol. The molecule has 0 aromatic heterocycles. The third-order valence-electron chi connectivity index (χ3n) is 5.99. The second kappa shape index (κ2) is 11.4. The molecule has 0 fully saturated rings. The summed E-state index contributed by atoms with van der Waals surface area (Å²) >= 11 is 0. The van der Waals surface area contributed by atoms with Gasteiger partial charge in [0.1, 0.15) is 0 Å². The van der Waals surface area contributed by atoms with Crippen LogP contribution in [0.5, 0.6) is 0 Å². The molecular formula is C28H36N2O6. The van der Waals surface area contributed by atoms with Gasteiger partial charge in [0, 0.05) is 24.2 Å². The molecule has 8 nitrogen and oxygen atoms in total. The molecule has 0 bridgehead atoms. The number of benzene rings is 2. The third kappa shape index (κ3) is 5.93. The summed E-state index contributed by atoms with van der Waals surface area (Å²) in [6.45, 7) is 14.9. The summed E-state index contributed by atoms with van der Waals surface area (Å²) in [5, 5.41) is 19.5. The fourth-order valence-electron chi connectivity index (χ4n) is 4.58. The average molecular weight is 497 g/mol. The quantitative estimate of drug-likeness (QED) is 0.489. The van der Waals surface area contributed by atoms with Crippen LogP contribution in [0, 0.1) is 0 Å². The molecule has 0 saturated heterocycles. The molecule has 2 rings (SSSR count). The number of carboxylic acid groups (broad SMARTS) is 2. The van der Waals surface area contributed by atoms with E-state index in [0.29, 0.717) is 11.1 Å². The van der Waals surface area contributed by atoms with E-state index < -0.39 is 23.8 Å². The molecule has 0 aliphatic carbocycles. The van der Waals surface area contributed by atoms with Crippen molar-refractivity contribution in [2.45, 2.75) is 79.6 Å². The minimum Gasteiger partial charge on any atom is -0.478 e. The third-order valence-corrected chi connectivity index (χ3v) is 5.99. The zero-order valence-corrected chi connectivity index (χ0v) is 22.2. The largest absolute Gasteiger partial charge is 0.478 e. The van der Waals surface area contributed by atoms with Gasteiger partial charge in [0.15, 0.2) is 0 Å². The summed E-state index contributed by atoms with van der Waals surface area (Å²) < 4.78 is 0. The van der Waals surface area contributed by atoms with Crippen molar-refractivity contribution < 1.29 is 29.4 Å². The topological polar surface area (TPSA) is 115 Å². The van der Waals surface area contributed by atoms with E-state index >= 15 is 0 Å². The van der Waals surface area contributed by atoms with E-state index in [2.05, 4.69) is 0 Å². The van der Waals surface area contributed by atoms with Crippen LogP contribution in [-0.2, 0) is 0 Å². The summed E-state index contributed by atoms with van der Waals surface area (Å²) in [6.07, 6.45) is 0. The summed E-state index contributed by atoms with van der Waals surface area (Å²) in [7, 11) is 0. The van der Waals surface area contributed by atoms with Crippen LogP contribution in [0.3, 0.4) is 0 Å². The maximum atomic E-state index is 13.4. The van der Waals surface area contributed by atoms with Crippen LogP contribution in [0.2, 0.25) is 0 Å². The van der Waals surface area contributed by atoms with Gasteiger partial charge in [-0.3, -0.25) is 9.59 Å². The summed E-state index contributed by atoms with van der Waals surface area (Å²) in [5.74, 6) is -3.27. The van der Waals surface area contributed by atoms with Crippen LogP contribution in [0.4, 0.5) is 0 Å². The highest BCUT2D eigenvalue weighted by atomic mass is 16.4. The van der Waals surface area contributed by atoms with Crippen LogP contribution >= 0.6 is 0 Å². The van der Waals surface area contributed by atoms with E-state index in [0.717, 1.165) is 0 Å². The Morgan fingerprint density at radius 2 is 0.806 bits per heavy atom. The first kappa shape index (κ1) is 28.6. The first-order chi connectivity index (χ1) is 16.7. The summed E-state index contributed by atoms with van der Waals surface area (Å²) in [4.78, 5) is 53.9. The standard InChI is InChI=1S/C28H36N2O6/c1-15(2)29(16(3)4)25(31)23-13-19(9-11-21(23)27(33)34)20-10-12-22(28(35)36)24(14-20)26(32)30(17(5)6)18(7)8/h9-18H,1-8H3,(H,33,34)(H,35,36). The van der Waals surface area contributed by atoms with Gasteiger partial charge >= 0.3 is 11.9 Å². The molecule has 0 unspecified atom stereocenters. The van der Waals surface area contributed by atoms with E-state index in [-0.39, 0.29) is 46.4 Å². The van der Waals surface area contributed by atoms with Crippen molar-refractivity contribution in [3.8, 4) is 11.1 Å². The van der Waals surface area contributed by atoms with Crippen molar-refractivity contribution in [3.05, 3.63) is 58.7 Å². The Morgan fingerprint density at radius 3 is 1.03 bits per heavy atom. The molecule has 194 valence electrons. The van der Waals surface area contributed by atoms with Gasteiger partial charge in [-0.25, -0.2) is 9.59 Å². The van der Waals surface area contributed by atoms with Crippen LogP contribution in [0.25, 0.3) is 11.1 Å². The highest BCUT2D eigenvalue weighted by molar-refractivity contribution is 6.07. The lowest BCUT2D eigenvalue weighted by atomic mass is 9.94. The maximum absolute atomic E-state index is 13.4. The van der Waals surface area contributed by atoms with E-state index in [1.165, 1.54) is 24.3 Å². The molecule has 0 radical (unpaired) electrons. The molecule has 0 atom stereocenters. The van der Waals surface area contributed by atoms with Crippen LogP contribution in [0.15, 0.2) is 36.4 Å². The Bertz CT molecular complexity index is 1060. The molecule has 36 heavy (non-hydrogen) atoms.